The molecule has 0 radical (unpaired) electrons. The lowest BCUT2D eigenvalue weighted by molar-refractivity contribution is 0.476. The molecule has 1 aromatic carbocycles. The molecule has 0 aliphatic heterocycles. The van der Waals surface area contributed by atoms with Crippen molar-refractivity contribution in [1.29, 1.82) is 0 Å². The first-order chi connectivity index (χ1) is 13.6. The van der Waals surface area contributed by atoms with E-state index in [1.54, 1.807) is 25.0 Å². The summed E-state index contributed by atoms with van der Waals surface area (Å²) in [5, 5.41) is 3.41. The highest BCUT2D eigenvalue weighted by Crippen LogP contribution is 2.15. The van der Waals surface area contributed by atoms with Crippen molar-refractivity contribution in [3.8, 4) is 5.82 Å². The number of benzene rings is 1. The smallest absolute Gasteiger partial charge is 0.193 e. The lowest BCUT2D eigenvalue weighted by Crippen LogP contribution is -2.38. The Morgan fingerprint density at radius 1 is 1.14 bits per heavy atom. The molecule has 0 atom stereocenters. The summed E-state index contributed by atoms with van der Waals surface area (Å²) < 4.78 is 1.96. The average molecular weight is 522 g/mol. The third kappa shape index (κ3) is 6.20. The van der Waals surface area contributed by atoms with Gasteiger partial charge in [0, 0.05) is 50.7 Å². The molecule has 2 aromatic heterocycles. The van der Waals surface area contributed by atoms with Crippen LogP contribution in [0.2, 0.25) is 0 Å². The highest BCUT2D eigenvalue weighted by molar-refractivity contribution is 14.0. The molecule has 8 heteroatoms. The molecule has 29 heavy (non-hydrogen) atoms. The quantitative estimate of drug-likeness (QED) is 0.229. The lowest BCUT2D eigenvalue weighted by Gasteiger charge is -2.22. The fourth-order valence-electron chi connectivity index (χ4n) is 2.93. The van der Waals surface area contributed by atoms with Crippen molar-refractivity contribution in [3.05, 3.63) is 71.9 Å². The van der Waals surface area contributed by atoms with Crippen LogP contribution in [0.15, 0.2) is 64.9 Å². The van der Waals surface area contributed by atoms with Crippen molar-refractivity contribution in [1.82, 2.24) is 24.8 Å². The minimum absolute atomic E-state index is 0. The summed E-state index contributed by atoms with van der Waals surface area (Å²) in [6.45, 7) is 3.43. The van der Waals surface area contributed by atoms with Gasteiger partial charge < -0.3 is 10.2 Å². The molecule has 0 unspecified atom stereocenters. The van der Waals surface area contributed by atoms with Crippen molar-refractivity contribution in [2.75, 3.05) is 20.4 Å². The Morgan fingerprint density at radius 3 is 2.41 bits per heavy atom. The molecule has 0 aliphatic rings. The molecule has 2 heterocycles. The van der Waals surface area contributed by atoms with E-state index < -0.39 is 0 Å². The third-order valence-corrected chi connectivity index (χ3v) is 5.23. The van der Waals surface area contributed by atoms with Crippen LogP contribution in [-0.4, -0.2) is 45.7 Å². The van der Waals surface area contributed by atoms with E-state index >= 15 is 0 Å². The topological polar surface area (TPSA) is 58.3 Å². The second kappa shape index (κ2) is 11.2. The van der Waals surface area contributed by atoms with Crippen LogP contribution in [0.25, 0.3) is 5.82 Å². The van der Waals surface area contributed by atoms with E-state index in [1.165, 1.54) is 10.5 Å². The Hall–Kier alpha value is -2.07. The first-order valence-electron chi connectivity index (χ1n) is 9.10. The summed E-state index contributed by atoms with van der Waals surface area (Å²) in [5.74, 6) is 2.64. The number of nitrogens with zero attached hydrogens (tertiary/aromatic N) is 5. The third-order valence-electron chi connectivity index (χ3n) is 4.48. The molecule has 3 aromatic rings. The standard InChI is InChI=1S/C21H26N6S.HI/c1-16-23-11-12-27(16)20-10-7-18(13-24-20)14-25-21(22-2)26(3)15-17-5-8-19(28-4)9-6-17;/h5-13H,14-15H2,1-4H3,(H,22,25);1H. The number of thioether (sulfide) groups is 1. The molecule has 6 nitrogen and oxygen atoms in total. The van der Waals surface area contributed by atoms with E-state index in [2.05, 4.69) is 61.8 Å². The van der Waals surface area contributed by atoms with Crippen molar-refractivity contribution in [3.63, 3.8) is 0 Å². The summed E-state index contributed by atoms with van der Waals surface area (Å²) in [7, 11) is 3.85. The van der Waals surface area contributed by atoms with Gasteiger partial charge in [-0.2, -0.15) is 0 Å². The van der Waals surface area contributed by atoms with Gasteiger partial charge in [-0.15, -0.1) is 35.7 Å². The summed E-state index contributed by atoms with van der Waals surface area (Å²) in [6, 6.07) is 12.7. The van der Waals surface area contributed by atoms with Crippen molar-refractivity contribution in [2.24, 2.45) is 4.99 Å². The number of rotatable bonds is 6. The number of hydrogen-bond donors (Lipinski definition) is 1. The summed E-state index contributed by atoms with van der Waals surface area (Å²) in [5.41, 5.74) is 2.35. The number of aromatic nitrogens is 3. The average Bonchev–Trinajstić information content (AvgIpc) is 3.15. The molecular weight excluding hydrogens is 495 g/mol. The van der Waals surface area contributed by atoms with E-state index in [-0.39, 0.29) is 24.0 Å². The zero-order valence-electron chi connectivity index (χ0n) is 17.2. The van der Waals surface area contributed by atoms with E-state index in [0.29, 0.717) is 6.54 Å². The van der Waals surface area contributed by atoms with E-state index in [1.807, 2.05) is 37.0 Å². The Bertz CT molecular complexity index is 921. The minimum atomic E-state index is 0. The summed E-state index contributed by atoms with van der Waals surface area (Å²) in [4.78, 5) is 16.6. The SMILES string of the molecule is CN=C(NCc1ccc(-n2ccnc2C)nc1)N(C)Cc1ccc(SC)cc1.I. The number of nitrogens with one attached hydrogen (secondary N) is 1. The van der Waals surface area contributed by atoms with E-state index in [0.717, 1.165) is 29.7 Å². The maximum atomic E-state index is 4.54. The van der Waals surface area contributed by atoms with Gasteiger partial charge in [0.25, 0.3) is 0 Å². The maximum absolute atomic E-state index is 4.54. The molecular formula is C21H27IN6S. The Labute approximate surface area is 193 Å². The predicted molar refractivity (Wildman–Crippen MR) is 131 cm³/mol. The number of aliphatic imine (C=N–C) groups is 1. The normalized spacial score (nSPS) is 11.1. The number of pyridine rings is 1. The monoisotopic (exact) mass is 522 g/mol. The Kier molecular flexibility index (Phi) is 8.97. The zero-order valence-corrected chi connectivity index (χ0v) is 20.3. The number of hydrogen-bond acceptors (Lipinski definition) is 4. The molecule has 0 amide bonds. The van der Waals surface area contributed by atoms with Gasteiger partial charge in [-0.1, -0.05) is 18.2 Å². The van der Waals surface area contributed by atoms with Crippen LogP contribution in [0.4, 0.5) is 0 Å². The molecule has 154 valence electrons. The molecule has 0 saturated carbocycles. The van der Waals surface area contributed by atoms with Gasteiger partial charge in [0.2, 0.25) is 0 Å². The lowest BCUT2D eigenvalue weighted by atomic mass is 10.2. The Morgan fingerprint density at radius 2 is 1.86 bits per heavy atom. The minimum Gasteiger partial charge on any atom is -0.352 e. The first-order valence-corrected chi connectivity index (χ1v) is 10.3. The van der Waals surface area contributed by atoms with Gasteiger partial charge in [0.1, 0.15) is 11.6 Å². The number of guanidine groups is 1. The number of halogens is 1. The molecule has 0 aliphatic carbocycles. The molecule has 0 bridgehead atoms. The number of aryl methyl sites for hydroxylation is 1. The van der Waals surface area contributed by atoms with Gasteiger partial charge in [0.05, 0.1) is 0 Å². The second-order valence-electron chi connectivity index (χ2n) is 6.47. The van der Waals surface area contributed by atoms with Crippen LogP contribution in [0.3, 0.4) is 0 Å². The molecule has 0 spiro atoms. The van der Waals surface area contributed by atoms with E-state index in [9.17, 15) is 0 Å². The Balaban J connectivity index is 0.00000300. The second-order valence-corrected chi connectivity index (χ2v) is 7.35. The van der Waals surface area contributed by atoms with Crippen molar-refractivity contribution >= 4 is 41.7 Å². The molecule has 1 N–H and O–H groups in total. The van der Waals surface area contributed by atoms with Crippen LogP contribution in [0.5, 0.6) is 0 Å². The van der Waals surface area contributed by atoms with Gasteiger partial charge in [-0.25, -0.2) is 9.97 Å². The first kappa shape index (κ1) is 23.2. The van der Waals surface area contributed by atoms with Gasteiger partial charge in [-0.3, -0.25) is 9.56 Å². The van der Waals surface area contributed by atoms with E-state index in [4.69, 9.17) is 0 Å². The van der Waals surface area contributed by atoms with Crippen molar-refractivity contribution in [2.45, 2.75) is 24.9 Å². The van der Waals surface area contributed by atoms with Gasteiger partial charge in [0.15, 0.2) is 5.96 Å². The molecule has 3 rings (SSSR count). The largest absolute Gasteiger partial charge is 0.352 e. The van der Waals surface area contributed by atoms with Crippen LogP contribution < -0.4 is 5.32 Å². The fraction of sp³-hybridized carbons (Fsp3) is 0.286. The van der Waals surface area contributed by atoms with Gasteiger partial charge in [-0.05, 0) is 42.5 Å². The van der Waals surface area contributed by atoms with Crippen LogP contribution in [0.1, 0.15) is 17.0 Å². The molecule has 0 fully saturated rings. The zero-order chi connectivity index (χ0) is 19.9. The van der Waals surface area contributed by atoms with Gasteiger partial charge >= 0.3 is 0 Å². The van der Waals surface area contributed by atoms with Crippen LogP contribution >= 0.6 is 35.7 Å². The molecule has 0 saturated heterocycles. The summed E-state index contributed by atoms with van der Waals surface area (Å²) >= 11 is 1.75. The highest BCUT2D eigenvalue weighted by Gasteiger charge is 2.08. The highest BCUT2D eigenvalue weighted by atomic mass is 127. The van der Waals surface area contributed by atoms with Crippen LogP contribution in [0, 0.1) is 6.92 Å². The number of imidazole rings is 1. The summed E-state index contributed by atoms with van der Waals surface area (Å²) in [6.07, 6.45) is 7.67. The van der Waals surface area contributed by atoms with Crippen LogP contribution in [-0.2, 0) is 13.1 Å². The maximum Gasteiger partial charge on any atom is 0.193 e. The fourth-order valence-corrected chi connectivity index (χ4v) is 3.34. The predicted octanol–water partition coefficient (Wildman–Crippen LogP) is 4.12. The van der Waals surface area contributed by atoms with Crippen molar-refractivity contribution < 1.29 is 0 Å².